The van der Waals surface area contributed by atoms with Crippen LogP contribution >= 0.6 is 23.2 Å². The summed E-state index contributed by atoms with van der Waals surface area (Å²) >= 11 is 12.2. The Morgan fingerprint density at radius 3 is 2.58 bits per heavy atom. The van der Waals surface area contributed by atoms with Gasteiger partial charge in [0.1, 0.15) is 5.60 Å². The number of hydrogen-bond donors (Lipinski definition) is 1. The minimum absolute atomic E-state index is 0.00906. The number of carbonyl (C=O) groups is 1. The minimum Gasteiger partial charge on any atom is -0.380 e. The van der Waals surface area contributed by atoms with Gasteiger partial charge >= 0.3 is 0 Å². The summed E-state index contributed by atoms with van der Waals surface area (Å²) in [5.74, 6) is 0.00906. The second kappa shape index (κ2) is 6.40. The highest BCUT2D eigenvalue weighted by Gasteiger charge is 2.41. The lowest BCUT2D eigenvalue weighted by Gasteiger charge is -2.41. The third-order valence-corrected chi connectivity index (χ3v) is 5.65. The molecule has 5 heteroatoms. The van der Waals surface area contributed by atoms with E-state index in [4.69, 9.17) is 23.2 Å². The van der Waals surface area contributed by atoms with Crippen molar-refractivity contribution in [2.75, 3.05) is 7.05 Å². The summed E-state index contributed by atoms with van der Waals surface area (Å²) in [6, 6.07) is 12.9. The highest BCUT2D eigenvalue weighted by Crippen LogP contribution is 2.46. The lowest BCUT2D eigenvalue weighted by molar-refractivity contribution is -0.130. The van der Waals surface area contributed by atoms with Crippen LogP contribution in [0.5, 0.6) is 0 Å². The molecular formula is C19H19Cl2NO2. The fourth-order valence-electron chi connectivity index (χ4n) is 3.47. The zero-order chi connectivity index (χ0) is 17.5. The van der Waals surface area contributed by atoms with E-state index >= 15 is 0 Å². The molecule has 0 aliphatic heterocycles. The molecule has 2 unspecified atom stereocenters. The van der Waals surface area contributed by atoms with E-state index in [1.165, 1.54) is 0 Å². The van der Waals surface area contributed by atoms with Gasteiger partial charge in [-0.1, -0.05) is 53.5 Å². The molecule has 24 heavy (non-hydrogen) atoms. The van der Waals surface area contributed by atoms with Crippen molar-refractivity contribution in [3.05, 3.63) is 69.2 Å². The second-order valence-corrected chi connectivity index (χ2v) is 7.08. The Balaban J connectivity index is 2.12. The molecule has 3 nitrogen and oxygen atoms in total. The van der Waals surface area contributed by atoms with E-state index in [0.29, 0.717) is 28.5 Å². The van der Waals surface area contributed by atoms with E-state index in [1.54, 1.807) is 37.1 Å². The molecular weight excluding hydrogens is 345 g/mol. The molecule has 2 aromatic carbocycles. The topological polar surface area (TPSA) is 40.5 Å². The Hall–Kier alpha value is -1.55. The predicted octanol–water partition coefficient (Wildman–Crippen LogP) is 4.54. The van der Waals surface area contributed by atoms with E-state index in [9.17, 15) is 9.90 Å². The number of amides is 1. The maximum Gasteiger partial charge on any atom is 0.219 e. The number of nitrogens with zero attached hydrogens (tertiary/aromatic N) is 1. The quantitative estimate of drug-likeness (QED) is 0.850. The van der Waals surface area contributed by atoms with Crippen LogP contribution in [0.15, 0.2) is 42.5 Å². The summed E-state index contributed by atoms with van der Waals surface area (Å²) in [6.07, 6.45) is 1.17. The number of aliphatic hydroxyl groups is 1. The van der Waals surface area contributed by atoms with Crippen molar-refractivity contribution in [2.45, 2.75) is 31.4 Å². The van der Waals surface area contributed by atoms with Crippen LogP contribution in [0.1, 0.15) is 42.5 Å². The van der Waals surface area contributed by atoms with Crippen LogP contribution in [0.2, 0.25) is 10.0 Å². The van der Waals surface area contributed by atoms with Gasteiger partial charge in [-0.2, -0.15) is 0 Å². The Labute approximate surface area is 151 Å². The first-order chi connectivity index (χ1) is 11.3. The van der Waals surface area contributed by atoms with E-state index in [1.807, 2.05) is 24.3 Å². The lowest BCUT2D eigenvalue weighted by Crippen LogP contribution is -2.39. The molecule has 0 saturated heterocycles. The summed E-state index contributed by atoms with van der Waals surface area (Å²) in [4.78, 5) is 13.5. The standard InChI is InChI=1S/C19H19Cl2NO2/c1-12(23)22(2)18-9-10-19(24,15-6-4-3-5-14(15)18)13-7-8-16(20)17(21)11-13/h3-8,11,18,24H,9-10H2,1-2H3. The summed E-state index contributed by atoms with van der Waals surface area (Å²) in [5.41, 5.74) is 1.36. The number of fused-ring (bicyclic) bond motifs is 1. The zero-order valence-corrected chi connectivity index (χ0v) is 15.1. The van der Waals surface area contributed by atoms with Crippen molar-refractivity contribution in [3.8, 4) is 0 Å². The maximum absolute atomic E-state index is 11.8. The van der Waals surface area contributed by atoms with Crippen LogP contribution in [-0.4, -0.2) is 23.0 Å². The van der Waals surface area contributed by atoms with Gasteiger partial charge in [0.2, 0.25) is 5.91 Å². The minimum atomic E-state index is -1.14. The van der Waals surface area contributed by atoms with Crippen molar-refractivity contribution in [1.82, 2.24) is 4.90 Å². The Bertz CT molecular complexity index is 793. The molecule has 0 heterocycles. The number of carbonyl (C=O) groups excluding carboxylic acids is 1. The van der Waals surface area contributed by atoms with E-state index in [-0.39, 0.29) is 11.9 Å². The molecule has 3 rings (SSSR count). The molecule has 126 valence electrons. The highest BCUT2D eigenvalue weighted by molar-refractivity contribution is 6.42. The number of benzene rings is 2. The van der Waals surface area contributed by atoms with E-state index in [0.717, 1.165) is 11.1 Å². The first kappa shape index (κ1) is 17.3. The summed E-state index contributed by atoms with van der Waals surface area (Å²) in [6.45, 7) is 1.56. The third-order valence-electron chi connectivity index (χ3n) is 4.91. The van der Waals surface area contributed by atoms with E-state index in [2.05, 4.69) is 0 Å². The molecule has 2 atom stereocenters. The van der Waals surface area contributed by atoms with Gasteiger partial charge in [-0.3, -0.25) is 4.79 Å². The van der Waals surface area contributed by atoms with Crippen molar-refractivity contribution >= 4 is 29.1 Å². The average Bonchev–Trinajstić information content (AvgIpc) is 2.57. The first-order valence-electron chi connectivity index (χ1n) is 7.85. The van der Waals surface area contributed by atoms with Crippen LogP contribution in [0.4, 0.5) is 0 Å². The molecule has 1 amide bonds. The molecule has 1 aliphatic rings. The van der Waals surface area contributed by atoms with Crippen molar-refractivity contribution in [2.24, 2.45) is 0 Å². The zero-order valence-electron chi connectivity index (χ0n) is 13.6. The van der Waals surface area contributed by atoms with Crippen molar-refractivity contribution in [1.29, 1.82) is 0 Å². The second-order valence-electron chi connectivity index (χ2n) is 6.26. The lowest BCUT2D eigenvalue weighted by atomic mass is 9.73. The Morgan fingerprint density at radius 2 is 1.92 bits per heavy atom. The van der Waals surface area contributed by atoms with Gasteiger partial charge in [-0.25, -0.2) is 0 Å². The first-order valence-corrected chi connectivity index (χ1v) is 8.61. The number of hydrogen-bond acceptors (Lipinski definition) is 2. The Morgan fingerprint density at radius 1 is 1.21 bits per heavy atom. The average molecular weight is 364 g/mol. The Kier molecular flexibility index (Phi) is 4.60. The molecule has 0 aromatic heterocycles. The maximum atomic E-state index is 11.8. The van der Waals surface area contributed by atoms with Crippen LogP contribution in [0.25, 0.3) is 0 Å². The fourth-order valence-corrected chi connectivity index (χ4v) is 3.77. The largest absolute Gasteiger partial charge is 0.380 e. The van der Waals surface area contributed by atoms with Gasteiger partial charge < -0.3 is 10.0 Å². The molecule has 0 spiro atoms. The van der Waals surface area contributed by atoms with Gasteiger partial charge in [0.25, 0.3) is 0 Å². The predicted molar refractivity (Wildman–Crippen MR) is 96.3 cm³/mol. The third kappa shape index (κ3) is 2.81. The SMILES string of the molecule is CC(=O)N(C)C1CCC(O)(c2ccc(Cl)c(Cl)c2)c2ccccc21. The van der Waals surface area contributed by atoms with Crippen molar-refractivity contribution in [3.63, 3.8) is 0 Å². The van der Waals surface area contributed by atoms with Gasteiger partial charge in [0.05, 0.1) is 16.1 Å². The number of halogens is 2. The smallest absolute Gasteiger partial charge is 0.219 e. The normalized spacial score (nSPS) is 22.8. The van der Waals surface area contributed by atoms with Crippen molar-refractivity contribution < 1.29 is 9.90 Å². The van der Waals surface area contributed by atoms with Gasteiger partial charge in [-0.15, -0.1) is 0 Å². The molecule has 0 fully saturated rings. The summed E-state index contributed by atoms with van der Waals surface area (Å²) < 4.78 is 0. The van der Waals surface area contributed by atoms with Crippen LogP contribution < -0.4 is 0 Å². The number of rotatable bonds is 2. The summed E-state index contributed by atoms with van der Waals surface area (Å²) in [5, 5.41) is 12.3. The fraction of sp³-hybridized carbons (Fsp3) is 0.316. The molecule has 0 radical (unpaired) electrons. The van der Waals surface area contributed by atoms with Crippen LogP contribution in [0, 0.1) is 0 Å². The van der Waals surface area contributed by atoms with Gasteiger partial charge in [0.15, 0.2) is 0 Å². The van der Waals surface area contributed by atoms with Crippen LogP contribution in [0.3, 0.4) is 0 Å². The van der Waals surface area contributed by atoms with E-state index < -0.39 is 5.60 Å². The molecule has 0 saturated carbocycles. The van der Waals surface area contributed by atoms with Gasteiger partial charge in [0, 0.05) is 14.0 Å². The highest BCUT2D eigenvalue weighted by atomic mass is 35.5. The molecule has 1 aliphatic carbocycles. The molecule has 0 bridgehead atoms. The molecule has 1 N–H and O–H groups in total. The summed E-state index contributed by atoms with van der Waals surface area (Å²) in [7, 11) is 1.80. The molecule has 2 aromatic rings. The van der Waals surface area contributed by atoms with Crippen LogP contribution in [-0.2, 0) is 10.4 Å². The van der Waals surface area contributed by atoms with Gasteiger partial charge in [-0.05, 0) is 41.7 Å². The monoisotopic (exact) mass is 363 g/mol.